The molecule has 0 radical (unpaired) electrons. The lowest BCUT2D eigenvalue weighted by Gasteiger charge is -2.16. The summed E-state index contributed by atoms with van der Waals surface area (Å²) in [6.45, 7) is 4.17. The summed E-state index contributed by atoms with van der Waals surface area (Å²) in [5.74, 6) is -0.949. The number of hydrogen-bond acceptors (Lipinski definition) is 4. The average molecular weight is 517 g/mol. The average Bonchev–Trinajstić information content (AvgIpc) is 3.21. The van der Waals surface area contributed by atoms with E-state index in [2.05, 4.69) is 0 Å². The molecule has 6 nitrogen and oxygen atoms in total. The number of benzene rings is 4. The fraction of sp³-hybridized carbons (Fsp3) is 0.121. The van der Waals surface area contributed by atoms with Gasteiger partial charge in [0.15, 0.2) is 6.20 Å². The smallest absolute Gasteiger partial charge is 0.338 e. The van der Waals surface area contributed by atoms with Crippen molar-refractivity contribution in [3.63, 3.8) is 0 Å². The predicted molar refractivity (Wildman–Crippen MR) is 154 cm³/mol. The highest BCUT2D eigenvalue weighted by molar-refractivity contribution is 6.52. The van der Waals surface area contributed by atoms with Crippen LogP contribution in [0.2, 0.25) is 0 Å². The largest absolute Gasteiger partial charge is 0.618 e. The third kappa shape index (κ3) is 5.50. The first-order valence-electron chi connectivity index (χ1n) is 12.8. The summed E-state index contributed by atoms with van der Waals surface area (Å²) in [6, 6.07) is 29.0. The summed E-state index contributed by atoms with van der Waals surface area (Å²) in [6.07, 6.45) is 4.28. The van der Waals surface area contributed by atoms with Gasteiger partial charge in [0.1, 0.15) is 0 Å². The molecule has 0 aliphatic carbocycles. The Morgan fingerprint density at radius 1 is 0.949 bits per heavy atom. The molecular weight excluding hydrogens is 488 g/mol. The van der Waals surface area contributed by atoms with Crippen molar-refractivity contribution in [3.8, 4) is 0 Å². The maximum absolute atomic E-state index is 13.5. The second-order valence-electron chi connectivity index (χ2n) is 9.31. The zero-order chi connectivity index (χ0) is 27.4. The summed E-state index contributed by atoms with van der Waals surface area (Å²) in [4.78, 5) is 27.9. The van der Waals surface area contributed by atoms with Gasteiger partial charge in [-0.05, 0) is 60.0 Å². The van der Waals surface area contributed by atoms with Gasteiger partial charge >= 0.3 is 11.9 Å². The monoisotopic (exact) mass is 516 g/mol. The lowest BCUT2D eigenvalue weighted by atomic mass is 10.0. The summed E-state index contributed by atoms with van der Waals surface area (Å²) < 4.78 is 5.78. The fourth-order valence-electron chi connectivity index (χ4n) is 4.65. The lowest BCUT2D eigenvalue weighted by Crippen LogP contribution is -2.32. The summed E-state index contributed by atoms with van der Waals surface area (Å²) in [5.41, 5.74) is 4.12. The number of aryl methyl sites for hydroxylation is 1. The summed E-state index contributed by atoms with van der Waals surface area (Å²) in [7, 11) is 0. The quantitative estimate of drug-likeness (QED) is 0.0737. The minimum atomic E-state index is -0.556. The van der Waals surface area contributed by atoms with Crippen LogP contribution >= 0.6 is 0 Å². The molecule has 1 amide bonds. The summed E-state index contributed by atoms with van der Waals surface area (Å²) >= 11 is 0. The lowest BCUT2D eigenvalue weighted by molar-refractivity contribution is -0.376. The van der Waals surface area contributed by atoms with Gasteiger partial charge in [-0.1, -0.05) is 78.4 Å². The highest BCUT2D eigenvalue weighted by atomic mass is 16.5. The van der Waals surface area contributed by atoms with E-state index >= 15 is 0 Å². The van der Waals surface area contributed by atoms with Gasteiger partial charge in [0.05, 0.1) is 30.0 Å². The molecule has 1 aliphatic heterocycles. The number of carbonyl (C=O) groups excluding carboxylic acids is 2. The Labute approximate surface area is 227 Å². The number of amides is 1. The molecule has 1 heterocycles. The molecule has 0 saturated heterocycles. The Kier molecular flexibility index (Phi) is 7.37. The highest BCUT2D eigenvalue weighted by Gasteiger charge is 2.39. The Balaban J connectivity index is 1.52. The van der Waals surface area contributed by atoms with Gasteiger partial charge in [-0.2, -0.15) is 4.74 Å². The van der Waals surface area contributed by atoms with Crippen molar-refractivity contribution >= 4 is 40.1 Å². The fourth-order valence-corrected chi connectivity index (χ4v) is 4.65. The number of hydroxylamine groups is 1. The molecule has 1 aliphatic rings. The van der Waals surface area contributed by atoms with Crippen molar-refractivity contribution in [1.29, 1.82) is 0 Å². The zero-order valence-corrected chi connectivity index (χ0v) is 21.8. The second-order valence-corrected chi connectivity index (χ2v) is 9.31. The number of ether oxygens (including phenoxy) is 1. The van der Waals surface area contributed by atoms with E-state index in [9.17, 15) is 14.8 Å². The number of nitrogens with zero attached hydrogens (tertiary/aromatic N) is 2. The van der Waals surface area contributed by atoms with Crippen LogP contribution in [0.3, 0.4) is 0 Å². The third-order valence-corrected chi connectivity index (χ3v) is 6.55. The number of rotatable bonds is 7. The third-order valence-electron chi connectivity index (χ3n) is 6.55. The number of anilines is 1. The van der Waals surface area contributed by atoms with Gasteiger partial charge in [-0.15, -0.1) is 0 Å². The standard InChI is InChI=1S/C33H28N2O4/c1-3-39-33(37)28(21-25-14-15-26-11-7-8-12-27(26)20-25)17-18-35(38)31-29-19-23(2)13-16-30(29)34(32(31)36)22-24-9-5-4-6-10-24/h4-21H,3,22H2,1-2H3/b18-17+,28-21+,35-31+. The SMILES string of the molecule is CCOC(=O)C(/C=C/[N+]([O-])=C1\C(=O)N(Cc2ccccc2)c2ccc(C)cc21)=C/c1ccc2ccccc2c1. The van der Waals surface area contributed by atoms with Gasteiger partial charge in [0, 0.05) is 6.08 Å². The van der Waals surface area contributed by atoms with Gasteiger partial charge in [0.2, 0.25) is 0 Å². The molecule has 0 atom stereocenters. The second kappa shape index (κ2) is 11.2. The van der Waals surface area contributed by atoms with Crippen molar-refractivity contribution in [2.45, 2.75) is 20.4 Å². The van der Waals surface area contributed by atoms with Crippen molar-refractivity contribution in [1.82, 2.24) is 0 Å². The zero-order valence-electron chi connectivity index (χ0n) is 21.8. The summed E-state index contributed by atoms with van der Waals surface area (Å²) in [5, 5.41) is 15.5. The van der Waals surface area contributed by atoms with Crippen LogP contribution in [0.4, 0.5) is 5.69 Å². The van der Waals surface area contributed by atoms with Crippen LogP contribution in [-0.4, -0.2) is 28.9 Å². The molecule has 194 valence electrons. The molecule has 0 unspecified atom stereocenters. The predicted octanol–water partition coefficient (Wildman–Crippen LogP) is 6.15. The Bertz CT molecular complexity index is 1650. The molecule has 0 saturated carbocycles. The normalized spacial score (nSPS) is 14.7. The molecule has 39 heavy (non-hydrogen) atoms. The van der Waals surface area contributed by atoms with Crippen LogP contribution in [-0.2, 0) is 20.9 Å². The minimum Gasteiger partial charge on any atom is -0.618 e. The van der Waals surface area contributed by atoms with Crippen LogP contribution in [0, 0.1) is 12.1 Å². The topological polar surface area (TPSA) is 72.7 Å². The molecule has 4 aromatic carbocycles. The number of fused-ring (bicyclic) bond motifs is 2. The van der Waals surface area contributed by atoms with E-state index in [4.69, 9.17) is 4.74 Å². The maximum atomic E-state index is 13.5. The molecule has 4 aromatic rings. The van der Waals surface area contributed by atoms with E-state index < -0.39 is 11.9 Å². The first-order chi connectivity index (χ1) is 18.9. The first kappa shape index (κ1) is 25.7. The Morgan fingerprint density at radius 3 is 2.46 bits per heavy atom. The van der Waals surface area contributed by atoms with E-state index in [0.29, 0.717) is 22.5 Å². The molecular formula is C33H28N2O4. The molecule has 0 aromatic heterocycles. The van der Waals surface area contributed by atoms with E-state index in [0.717, 1.165) is 27.5 Å². The van der Waals surface area contributed by atoms with Crippen LogP contribution in [0.15, 0.2) is 109 Å². The van der Waals surface area contributed by atoms with Crippen LogP contribution < -0.4 is 4.90 Å². The van der Waals surface area contributed by atoms with Crippen molar-refractivity contribution in [2.75, 3.05) is 11.5 Å². The van der Waals surface area contributed by atoms with Crippen LogP contribution in [0.1, 0.15) is 29.2 Å². The van der Waals surface area contributed by atoms with Crippen LogP contribution in [0.25, 0.3) is 16.8 Å². The van der Waals surface area contributed by atoms with E-state index in [1.54, 1.807) is 17.9 Å². The molecule has 6 heteroatoms. The van der Waals surface area contributed by atoms with Gasteiger partial charge < -0.3 is 9.94 Å². The first-order valence-corrected chi connectivity index (χ1v) is 12.8. The molecule has 0 fully saturated rings. The Morgan fingerprint density at radius 2 is 1.69 bits per heavy atom. The van der Waals surface area contributed by atoms with Gasteiger partial charge in [-0.25, -0.2) is 4.79 Å². The minimum absolute atomic E-state index is 0.00907. The van der Waals surface area contributed by atoms with Crippen molar-refractivity contribution in [2.24, 2.45) is 0 Å². The van der Waals surface area contributed by atoms with Gasteiger partial charge in [0.25, 0.3) is 5.71 Å². The number of hydrogen-bond donors (Lipinski definition) is 0. The molecule has 0 spiro atoms. The van der Waals surface area contributed by atoms with E-state index in [1.807, 2.05) is 97.9 Å². The highest BCUT2D eigenvalue weighted by Crippen LogP contribution is 2.31. The number of carbonyl (C=O) groups is 2. The number of esters is 1. The van der Waals surface area contributed by atoms with E-state index in [-0.39, 0.29) is 17.9 Å². The maximum Gasteiger partial charge on any atom is 0.338 e. The van der Waals surface area contributed by atoms with Gasteiger partial charge in [-0.3, -0.25) is 9.69 Å². The van der Waals surface area contributed by atoms with E-state index in [1.165, 1.54) is 12.3 Å². The molecule has 5 rings (SSSR count). The van der Waals surface area contributed by atoms with Crippen molar-refractivity contribution < 1.29 is 19.1 Å². The Hall–Kier alpha value is -4.97. The van der Waals surface area contributed by atoms with Crippen LogP contribution in [0.5, 0.6) is 0 Å². The van der Waals surface area contributed by atoms with Crippen molar-refractivity contribution in [3.05, 3.63) is 136 Å². The molecule has 0 N–H and O–H groups in total. The molecule has 0 bridgehead atoms.